The lowest BCUT2D eigenvalue weighted by Gasteiger charge is -2.18. The molecule has 21 heavy (non-hydrogen) atoms. The standard InChI is InChI=1S/C16H20N4O/c1-12-3-5-13(6-4-12)14-11-15(19-18-14)16(21)20-9-2-7-17-8-10-20/h3-6,11,17H,2,7-10H2,1H3,(H,18,19). The summed E-state index contributed by atoms with van der Waals surface area (Å²) in [6, 6.07) is 9.98. The van der Waals surface area contributed by atoms with E-state index in [9.17, 15) is 4.79 Å². The number of rotatable bonds is 2. The van der Waals surface area contributed by atoms with Crippen LogP contribution in [-0.2, 0) is 0 Å². The normalized spacial score (nSPS) is 15.8. The lowest BCUT2D eigenvalue weighted by Crippen LogP contribution is -2.34. The van der Waals surface area contributed by atoms with E-state index >= 15 is 0 Å². The molecule has 5 heteroatoms. The molecule has 0 unspecified atom stereocenters. The molecule has 1 aromatic heterocycles. The van der Waals surface area contributed by atoms with Crippen LogP contribution < -0.4 is 5.32 Å². The lowest BCUT2D eigenvalue weighted by atomic mass is 10.1. The molecule has 0 radical (unpaired) electrons. The number of carbonyl (C=O) groups is 1. The van der Waals surface area contributed by atoms with Gasteiger partial charge in [-0.05, 0) is 26.0 Å². The second-order valence-electron chi connectivity index (χ2n) is 5.43. The number of aryl methyl sites for hydroxylation is 1. The molecule has 5 nitrogen and oxygen atoms in total. The number of nitrogens with zero attached hydrogens (tertiary/aromatic N) is 2. The van der Waals surface area contributed by atoms with Crippen molar-refractivity contribution in [1.82, 2.24) is 20.4 Å². The summed E-state index contributed by atoms with van der Waals surface area (Å²) < 4.78 is 0. The smallest absolute Gasteiger partial charge is 0.271 e. The summed E-state index contributed by atoms with van der Waals surface area (Å²) in [6.07, 6.45) is 0.991. The third kappa shape index (κ3) is 3.13. The van der Waals surface area contributed by atoms with E-state index in [0.29, 0.717) is 5.69 Å². The van der Waals surface area contributed by atoms with Gasteiger partial charge in [0.15, 0.2) is 0 Å². The highest BCUT2D eigenvalue weighted by Crippen LogP contribution is 2.19. The zero-order valence-electron chi connectivity index (χ0n) is 12.2. The van der Waals surface area contributed by atoms with Crippen molar-refractivity contribution in [3.05, 3.63) is 41.6 Å². The minimum Gasteiger partial charge on any atom is -0.336 e. The molecule has 0 spiro atoms. The second kappa shape index (κ2) is 6.10. The van der Waals surface area contributed by atoms with Crippen LogP contribution in [0.3, 0.4) is 0 Å². The monoisotopic (exact) mass is 284 g/mol. The topological polar surface area (TPSA) is 61.0 Å². The zero-order chi connectivity index (χ0) is 14.7. The number of amides is 1. The Bertz CT molecular complexity index is 609. The molecule has 0 bridgehead atoms. The number of H-pyrrole nitrogens is 1. The highest BCUT2D eigenvalue weighted by molar-refractivity contribution is 5.93. The number of nitrogens with one attached hydrogen (secondary N) is 2. The van der Waals surface area contributed by atoms with E-state index in [1.165, 1.54) is 5.56 Å². The van der Waals surface area contributed by atoms with Gasteiger partial charge in [-0.2, -0.15) is 5.10 Å². The fourth-order valence-corrected chi connectivity index (χ4v) is 2.52. The van der Waals surface area contributed by atoms with Gasteiger partial charge in [0, 0.05) is 25.2 Å². The number of aromatic amines is 1. The van der Waals surface area contributed by atoms with Crippen LogP contribution in [0.15, 0.2) is 30.3 Å². The summed E-state index contributed by atoms with van der Waals surface area (Å²) in [5, 5.41) is 10.4. The van der Waals surface area contributed by atoms with Crippen LogP contribution in [0.4, 0.5) is 0 Å². The van der Waals surface area contributed by atoms with Crippen molar-refractivity contribution >= 4 is 5.91 Å². The highest BCUT2D eigenvalue weighted by atomic mass is 16.2. The molecule has 3 rings (SSSR count). The van der Waals surface area contributed by atoms with Crippen LogP contribution in [0, 0.1) is 6.92 Å². The minimum absolute atomic E-state index is 0.0320. The number of hydrogen-bond donors (Lipinski definition) is 2. The molecular weight excluding hydrogens is 264 g/mol. The van der Waals surface area contributed by atoms with Crippen molar-refractivity contribution in [2.75, 3.05) is 26.2 Å². The van der Waals surface area contributed by atoms with Crippen LogP contribution in [-0.4, -0.2) is 47.2 Å². The van der Waals surface area contributed by atoms with Crippen molar-refractivity contribution in [1.29, 1.82) is 0 Å². The number of aromatic nitrogens is 2. The van der Waals surface area contributed by atoms with Gasteiger partial charge in [0.2, 0.25) is 0 Å². The molecule has 0 aliphatic carbocycles. The second-order valence-corrected chi connectivity index (χ2v) is 5.43. The molecular formula is C16H20N4O. The van der Waals surface area contributed by atoms with Gasteiger partial charge in [0.05, 0.1) is 5.69 Å². The Hall–Kier alpha value is -2.14. The molecule has 2 heterocycles. The molecule has 1 fully saturated rings. The Balaban J connectivity index is 1.77. The van der Waals surface area contributed by atoms with E-state index in [-0.39, 0.29) is 5.91 Å². The Kier molecular flexibility index (Phi) is 4.01. The molecule has 2 N–H and O–H groups in total. The first-order valence-electron chi connectivity index (χ1n) is 7.36. The molecule has 1 aliphatic heterocycles. The van der Waals surface area contributed by atoms with Gasteiger partial charge in [-0.1, -0.05) is 29.8 Å². The average Bonchev–Trinajstić information content (AvgIpc) is 2.83. The molecule has 0 saturated carbocycles. The lowest BCUT2D eigenvalue weighted by molar-refractivity contribution is 0.0760. The Morgan fingerprint density at radius 3 is 2.81 bits per heavy atom. The van der Waals surface area contributed by atoms with Crippen molar-refractivity contribution in [3.8, 4) is 11.3 Å². The minimum atomic E-state index is 0.0320. The third-order valence-electron chi connectivity index (χ3n) is 3.78. The molecule has 1 saturated heterocycles. The van der Waals surface area contributed by atoms with Crippen molar-refractivity contribution in [2.24, 2.45) is 0 Å². The van der Waals surface area contributed by atoms with E-state index in [1.54, 1.807) is 0 Å². The molecule has 110 valence electrons. The predicted octanol–water partition coefficient (Wildman–Crippen LogP) is 1.82. The Morgan fingerprint density at radius 2 is 2.00 bits per heavy atom. The fraction of sp³-hybridized carbons (Fsp3) is 0.375. The summed E-state index contributed by atoms with van der Waals surface area (Å²) in [4.78, 5) is 14.4. The SMILES string of the molecule is Cc1ccc(-c2cc(C(=O)N3CCCNCC3)[nH]n2)cc1. The zero-order valence-corrected chi connectivity index (χ0v) is 12.2. The molecule has 1 amide bonds. The first-order valence-corrected chi connectivity index (χ1v) is 7.36. The number of carbonyl (C=O) groups excluding carboxylic acids is 1. The van der Waals surface area contributed by atoms with E-state index in [4.69, 9.17) is 0 Å². The number of hydrogen-bond acceptors (Lipinski definition) is 3. The predicted molar refractivity (Wildman–Crippen MR) is 82.2 cm³/mol. The van der Waals surface area contributed by atoms with Gasteiger partial charge in [0.25, 0.3) is 5.91 Å². The Labute approximate surface area is 124 Å². The van der Waals surface area contributed by atoms with E-state index in [2.05, 4.69) is 22.4 Å². The average molecular weight is 284 g/mol. The van der Waals surface area contributed by atoms with E-state index in [1.807, 2.05) is 35.2 Å². The van der Waals surface area contributed by atoms with Crippen LogP contribution >= 0.6 is 0 Å². The van der Waals surface area contributed by atoms with Crippen LogP contribution in [0.1, 0.15) is 22.5 Å². The summed E-state index contributed by atoms with van der Waals surface area (Å²) in [5.41, 5.74) is 3.61. The van der Waals surface area contributed by atoms with Crippen LogP contribution in [0.5, 0.6) is 0 Å². The highest BCUT2D eigenvalue weighted by Gasteiger charge is 2.19. The van der Waals surface area contributed by atoms with Gasteiger partial charge in [-0.25, -0.2) is 0 Å². The summed E-state index contributed by atoms with van der Waals surface area (Å²) >= 11 is 0. The summed E-state index contributed by atoms with van der Waals surface area (Å²) in [7, 11) is 0. The van der Waals surface area contributed by atoms with Crippen molar-refractivity contribution in [3.63, 3.8) is 0 Å². The molecule has 0 atom stereocenters. The van der Waals surface area contributed by atoms with Crippen LogP contribution in [0.25, 0.3) is 11.3 Å². The largest absolute Gasteiger partial charge is 0.336 e. The maximum absolute atomic E-state index is 12.5. The maximum atomic E-state index is 12.5. The van der Waals surface area contributed by atoms with Gasteiger partial charge in [-0.15, -0.1) is 0 Å². The third-order valence-corrected chi connectivity index (χ3v) is 3.78. The fourth-order valence-electron chi connectivity index (χ4n) is 2.52. The Morgan fingerprint density at radius 1 is 1.19 bits per heavy atom. The molecule has 2 aromatic rings. The molecule has 1 aromatic carbocycles. The van der Waals surface area contributed by atoms with E-state index < -0.39 is 0 Å². The van der Waals surface area contributed by atoms with Crippen LogP contribution in [0.2, 0.25) is 0 Å². The van der Waals surface area contributed by atoms with Crippen molar-refractivity contribution < 1.29 is 4.79 Å². The quantitative estimate of drug-likeness (QED) is 0.884. The van der Waals surface area contributed by atoms with Gasteiger partial charge >= 0.3 is 0 Å². The summed E-state index contributed by atoms with van der Waals surface area (Å²) in [6.45, 7) is 5.42. The first kappa shape index (κ1) is 13.8. The number of benzene rings is 1. The maximum Gasteiger partial charge on any atom is 0.271 e. The molecule has 1 aliphatic rings. The first-order chi connectivity index (χ1) is 10.2. The van der Waals surface area contributed by atoms with Gasteiger partial charge in [-0.3, -0.25) is 9.89 Å². The van der Waals surface area contributed by atoms with Crippen molar-refractivity contribution in [2.45, 2.75) is 13.3 Å². The van der Waals surface area contributed by atoms with Gasteiger partial charge < -0.3 is 10.2 Å². The summed E-state index contributed by atoms with van der Waals surface area (Å²) in [5.74, 6) is 0.0320. The van der Waals surface area contributed by atoms with E-state index in [0.717, 1.165) is 43.9 Å². The van der Waals surface area contributed by atoms with Gasteiger partial charge in [0.1, 0.15) is 5.69 Å².